The van der Waals surface area contributed by atoms with Gasteiger partial charge in [-0.15, -0.1) is 0 Å². The van der Waals surface area contributed by atoms with E-state index in [1.165, 1.54) is 6.33 Å². The molecule has 1 fully saturated rings. The number of rotatable bonds is 2. The number of carbonyl (C=O) groups excluding carboxylic acids is 1. The summed E-state index contributed by atoms with van der Waals surface area (Å²) in [7, 11) is 0. The maximum atomic E-state index is 12.5. The lowest BCUT2D eigenvalue weighted by molar-refractivity contribution is -0.661. The van der Waals surface area contributed by atoms with Gasteiger partial charge in [0.1, 0.15) is 12.0 Å². The summed E-state index contributed by atoms with van der Waals surface area (Å²) < 4.78 is 0. The topological polar surface area (TPSA) is 62.7 Å². The first-order chi connectivity index (χ1) is 10.6. The number of quaternary nitrogens is 1. The summed E-state index contributed by atoms with van der Waals surface area (Å²) in [5.41, 5.74) is 1.86. The van der Waals surface area contributed by atoms with Crippen molar-refractivity contribution >= 4 is 29.1 Å². The lowest BCUT2D eigenvalue weighted by Gasteiger charge is -2.24. The van der Waals surface area contributed by atoms with Gasteiger partial charge in [0.2, 0.25) is 0 Å². The van der Waals surface area contributed by atoms with Crippen molar-refractivity contribution in [1.82, 2.24) is 14.9 Å². The number of piperazine rings is 1. The van der Waals surface area contributed by atoms with Crippen LogP contribution in [0, 0.1) is 0 Å². The van der Waals surface area contributed by atoms with Crippen LogP contribution in [0.1, 0.15) is 10.5 Å². The minimum absolute atomic E-state index is 0.0585. The zero-order valence-corrected chi connectivity index (χ0v) is 13.3. The summed E-state index contributed by atoms with van der Waals surface area (Å²) in [4.78, 5) is 22.6. The van der Waals surface area contributed by atoms with E-state index in [9.17, 15) is 4.79 Å². The molecule has 1 aliphatic rings. The van der Waals surface area contributed by atoms with Crippen LogP contribution in [-0.2, 0) is 0 Å². The summed E-state index contributed by atoms with van der Waals surface area (Å²) >= 11 is 12.0. The van der Waals surface area contributed by atoms with E-state index < -0.39 is 0 Å². The van der Waals surface area contributed by atoms with Crippen molar-refractivity contribution < 1.29 is 10.1 Å². The van der Waals surface area contributed by atoms with Crippen molar-refractivity contribution in [2.24, 2.45) is 0 Å². The van der Waals surface area contributed by atoms with Crippen molar-refractivity contribution in [3.63, 3.8) is 0 Å². The molecule has 2 aromatic rings. The largest absolute Gasteiger partial charge is 0.343 e. The highest BCUT2D eigenvalue weighted by atomic mass is 35.5. The van der Waals surface area contributed by atoms with E-state index in [4.69, 9.17) is 23.2 Å². The molecule has 3 rings (SSSR count). The number of halogens is 2. The molecule has 0 spiro atoms. The second-order valence-electron chi connectivity index (χ2n) is 5.08. The van der Waals surface area contributed by atoms with Gasteiger partial charge in [0.15, 0.2) is 0 Å². The number of hydrogen-bond donors (Lipinski definition) is 1. The van der Waals surface area contributed by atoms with Crippen LogP contribution in [0.15, 0.2) is 30.6 Å². The molecular formula is C15H15Cl2N4O+. The third-order valence-electron chi connectivity index (χ3n) is 3.60. The predicted molar refractivity (Wildman–Crippen MR) is 85.1 cm³/mol. The Bertz CT molecular complexity index is 702. The van der Waals surface area contributed by atoms with Crippen LogP contribution in [0.5, 0.6) is 0 Å². The van der Waals surface area contributed by atoms with Crippen molar-refractivity contribution in [2.45, 2.75) is 0 Å². The number of nitrogens with zero attached hydrogens (tertiary/aromatic N) is 3. The van der Waals surface area contributed by atoms with Crippen molar-refractivity contribution in [2.75, 3.05) is 26.2 Å². The van der Waals surface area contributed by atoms with Gasteiger partial charge in [0, 0.05) is 5.56 Å². The molecule has 0 atom stereocenters. The van der Waals surface area contributed by atoms with E-state index in [1.54, 1.807) is 18.2 Å². The van der Waals surface area contributed by atoms with E-state index in [-0.39, 0.29) is 5.91 Å². The first kappa shape index (κ1) is 15.2. The Labute approximate surface area is 138 Å². The molecule has 1 aromatic heterocycles. The van der Waals surface area contributed by atoms with Crippen LogP contribution in [0.4, 0.5) is 0 Å². The molecule has 1 saturated heterocycles. The molecule has 0 saturated carbocycles. The Kier molecular flexibility index (Phi) is 4.57. The van der Waals surface area contributed by atoms with E-state index in [1.807, 2.05) is 11.0 Å². The second-order valence-corrected chi connectivity index (χ2v) is 5.89. The average molecular weight is 338 g/mol. The summed E-state index contributed by atoms with van der Waals surface area (Å²) in [6.07, 6.45) is 1.40. The third kappa shape index (κ3) is 3.21. The Morgan fingerprint density at radius 1 is 1.09 bits per heavy atom. The zero-order chi connectivity index (χ0) is 15.5. The molecule has 0 aliphatic carbocycles. The van der Waals surface area contributed by atoms with Crippen LogP contribution in [0.25, 0.3) is 11.3 Å². The van der Waals surface area contributed by atoms with Crippen LogP contribution >= 0.6 is 23.2 Å². The lowest BCUT2D eigenvalue weighted by atomic mass is 10.1. The Balaban J connectivity index is 1.88. The highest BCUT2D eigenvalue weighted by Crippen LogP contribution is 2.27. The van der Waals surface area contributed by atoms with Crippen LogP contribution in [0.2, 0.25) is 10.0 Å². The molecule has 0 bridgehead atoms. The molecule has 7 heteroatoms. The minimum Gasteiger partial charge on any atom is -0.343 e. The molecule has 5 nitrogen and oxygen atoms in total. The maximum Gasteiger partial charge on any atom is 0.273 e. The summed E-state index contributed by atoms with van der Waals surface area (Å²) in [6.45, 7) is 3.34. The van der Waals surface area contributed by atoms with Gasteiger partial charge in [0.25, 0.3) is 5.91 Å². The Morgan fingerprint density at radius 3 is 2.59 bits per heavy atom. The van der Waals surface area contributed by atoms with E-state index in [2.05, 4.69) is 15.3 Å². The second kappa shape index (κ2) is 6.60. The number of nitrogens with two attached hydrogens (primary N) is 1. The van der Waals surface area contributed by atoms with E-state index >= 15 is 0 Å². The SMILES string of the molecule is O=C(c1cc(-c2ccc(Cl)c(Cl)c2)ncn1)N1CC[NH2+]CC1. The fraction of sp³-hybridized carbons (Fsp3) is 0.267. The third-order valence-corrected chi connectivity index (χ3v) is 4.33. The van der Waals surface area contributed by atoms with E-state index in [0.29, 0.717) is 21.4 Å². The predicted octanol–water partition coefficient (Wildman–Crippen LogP) is 1.47. The van der Waals surface area contributed by atoms with Gasteiger partial charge in [-0.05, 0) is 18.2 Å². The zero-order valence-electron chi connectivity index (χ0n) is 11.8. The first-order valence-electron chi connectivity index (χ1n) is 7.03. The average Bonchev–Trinajstić information content (AvgIpc) is 2.57. The number of benzene rings is 1. The van der Waals surface area contributed by atoms with Crippen LogP contribution in [-0.4, -0.2) is 47.0 Å². The number of carbonyl (C=O) groups is 1. The van der Waals surface area contributed by atoms with Crippen molar-refractivity contribution in [3.8, 4) is 11.3 Å². The molecule has 22 heavy (non-hydrogen) atoms. The highest BCUT2D eigenvalue weighted by Gasteiger charge is 2.21. The quantitative estimate of drug-likeness (QED) is 0.902. The monoisotopic (exact) mass is 337 g/mol. The molecule has 2 heterocycles. The van der Waals surface area contributed by atoms with Gasteiger partial charge in [-0.2, -0.15) is 0 Å². The van der Waals surface area contributed by atoms with Crippen LogP contribution < -0.4 is 5.32 Å². The smallest absolute Gasteiger partial charge is 0.273 e. The fourth-order valence-corrected chi connectivity index (χ4v) is 2.70. The maximum absolute atomic E-state index is 12.5. The number of aromatic nitrogens is 2. The van der Waals surface area contributed by atoms with Gasteiger partial charge in [-0.1, -0.05) is 29.3 Å². The molecular weight excluding hydrogens is 323 g/mol. The fourth-order valence-electron chi connectivity index (χ4n) is 2.40. The molecule has 0 radical (unpaired) electrons. The summed E-state index contributed by atoms with van der Waals surface area (Å²) in [5, 5.41) is 3.14. The molecule has 1 amide bonds. The van der Waals surface area contributed by atoms with Gasteiger partial charge in [-0.3, -0.25) is 4.79 Å². The summed E-state index contributed by atoms with van der Waals surface area (Å²) in [6, 6.07) is 6.96. The van der Waals surface area contributed by atoms with Crippen molar-refractivity contribution in [1.29, 1.82) is 0 Å². The first-order valence-corrected chi connectivity index (χ1v) is 7.79. The van der Waals surface area contributed by atoms with Crippen molar-refractivity contribution in [3.05, 3.63) is 46.3 Å². The van der Waals surface area contributed by atoms with Gasteiger partial charge >= 0.3 is 0 Å². The Morgan fingerprint density at radius 2 is 1.86 bits per heavy atom. The van der Waals surface area contributed by atoms with Gasteiger partial charge < -0.3 is 10.2 Å². The molecule has 114 valence electrons. The minimum atomic E-state index is -0.0585. The molecule has 1 aromatic carbocycles. The standard InChI is InChI=1S/C15H14Cl2N4O/c16-11-2-1-10(7-12(11)17)13-8-14(20-9-19-13)15(22)21-5-3-18-4-6-21/h1-2,7-9,18H,3-6H2/p+1. The molecule has 1 aliphatic heterocycles. The molecule has 2 N–H and O–H groups in total. The summed E-state index contributed by atoms with van der Waals surface area (Å²) in [5.74, 6) is -0.0585. The van der Waals surface area contributed by atoms with Crippen LogP contribution in [0.3, 0.4) is 0 Å². The molecule has 0 unspecified atom stereocenters. The lowest BCUT2D eigenvalue weighted by Crippen LogP contribution is -2.89. The number of amides is 1. The van der Waals surface area contributed by atoms with Gasteiger partial charge in [-0.25, -0.2) is 9.97 Å². The van der Waals surface area contributed by atoms with E-state index in [0.717, 1.165) is 31.7 Å². The Hall–Kier alpha value is -1.69. The normalized spacial score (nSPS) is 14.9. The van der Waals surface area contributed by atoms with Gasteiger partial charge in [0.05, 0.1) is 41.9 Å². The number of hydrogen-bond acceptors (Lipinski definition) is 3. The highest BCUT2D eigenvalue weighted by molar-refractivity contribution is 6.42.